The van der Waals surface area contributed by atoms with Crippen LogP contribution in [0.2, 0.25) is 0 Å². The first kappa shape index (κ1) is 10.1. The van der Waals surface area contributed by atoms with Crippen molar-refractivity contribution in [2.75, 3.05) is 0 Å². The summed E-state index contributed by atoms with van der Waals surface area (Å²) in [6.07, 6.45) is 3.42. The molecule has 0 spiro atoms. The maximum Gasteiger partial charge on any atom is 0.123 e. The van der Waals surface area contributed by atoms with Crippen molar-refractivity contribution >= 4 is 11.9 Å². The third-order valence-electron chi connectivity index (χ3n) is 2.03. The molecule has 0 bridgehead atoms. The molecule has 0 radical (unpaired) electrons. The van der Waals surface area contributed by atoms with E-state index in [9.17, 15) is 4.39 Å². The Hall–Kier alpha value is -1.39. The second-order valence-corrected chi connectivity index (χ2v) is 3.74. The van der Waals surface area contributed by atoms with E-state index in [-0.39, 0.29) is 5.82 Å². The Morgan fingerprint density at radius 1 is 1.07 bits per heavy atom. The molecule has 1 aromatic carbocycles. The first-order valence-electron chi connectivity index (χ1n) is 4.37. The van der Waals surface area contributed by atoms with E-state index < -0.39 is 0 Å². The average molecular weight is 220 g/mol. The minimum atomic E-state index is -0.240. The van der Waals surface area contributed by atoms with Crippen molar-refractivity contribution in [2.24, 2.45) is 5.14 Å². The quantitative estimate of drug-likeness (QED) is 0.791. The summed E-state index contributed by atoms with van der Waals surface area (Å²) >= 11 is 1.14. The summed E-state index contributed by atoms with van der Waals surface area (Å²) in [7, 11) is 0. The normalized spacial score (nSPS) is 10.3. The van der Waals surface area contributed by atoms with Gasteiger partial charge in [0.25, 0.3) is 0 Å². The monoisotopic (exact) mass is 220 g/mol. The van der Waals surface area contributed by atoms with Gasteiger partial charge in [-0.05, 0) is 35.7 Å². The van der Waals surface area contributed by atoms with E-state index in [0.717, 1.165) is 28.0 Å². The summed E-state index contributed by atoms with van der Waals surface area (Å²) in [6, 6.07) is 8.22. The molecule has 0 fully saturated rings. The lowest BCUT2D eigenvalue weighted by molar-refractivity contribution is 0.628. The topological polar surface area (TPSA) is 38.9 Å². The summed E-state index contributed by atoms with van der Waals surface area (Å²) in [5, 5.41) is 5.44. The average Bonchev–Trinajstić information content (AvgIpc) is 2.30. The van der Waals surface area contributed by atoms with Gasteiger partial charge in [0.1, 0.15) is 5.82 Å². The molecule has 0 atom stereocenters. The SMILES string of the molecule is NSc1cncc(-c2ccc(F)cc2)c1. The van der Waals surface area contributed by atoms with E-state index in [1.54, 1.807) is 24.5 Å². The molecule has 0 aliphatic heterocycles. The van der Waals surface area contributed by atoms with Crippen molar-refractivity contribution in [3.8, 4) is 11.1 Å². The summed E-state index contributed by atoms with van der Waals surface area (Å²) in [4.78, 5) is 4.95. The van der Waals surface area contributed by atoms with Crippen molar-refractivity contribution < 1.29 is 4.39 Å². The minimum Gasteiger partial charge on any atom is -0.274 e. The number of hydrogen-bond donors (Lipinski definition) is 1. The van der Waals surface area contributed by atoms with Crippen molar-refractivity contribution in [2.45, 2.75) is 4.90 Å². The summed E-state index contributed by atoms with van der Waals surface area (Å²) < 4.78 is 12.7. The predicted octanol–water partition coefficient (Wildman–Crippen LogP) is 2.85. The molecule has 1 aromatic heterocycles. The van der Waals surface area contributed by atoms with Crippen LogP contribution in [0.15, 0.2) is 47.6 Å². The van der Waals surface area contributed by atoms with Crippen LogP contribution >= 0.6 is 11.9 Å². The zero-order valence-electron chi connectivity index (χ0n) is 7.85. The number of hydrogen-bond acceptors (Lipinski definition) is 3. The highest BCUT2D eigenvalue weighted by molar-refractivity contribution is 7.97. The van der Waals surface area contributed by atoms with Gasteiger partial charge in [-0.1, -0.05) is 12.1 Å². The fourth-order valence-electron chi connectivity index (χ4n) is 1.28. The van der Waals surface area contributed by atoms with Gasteiger partial charge in [0.05, 0.1) is 0 Å². The molecule has 2 nitrogen and oxygen atoms in total. The Morgan fingerprint density at radius 3 is 2.47 bits per heavy atom. The lowest BCUT2D eigenvalue weighted by Gasteiger charge is -2.02. The van der Waals surface area contributed by atoms with E-state index in [1.165, 1.54) is 12.1 Å². The van der Waals surface area contributed by atoms with Gasteiger partial charge in [0, 0.05) is 22.9 Å². The van der Waals surface area contributed by atoms with E-state index in [2.05, 4.69) is 4.98 Å². The molecule has 0 aliphatic rings. The van der Waals surface area contributed by atoms with Crippen LogP contribution in [0.1, 0.15) is 0 Å². The molecule has 1 heterocycles. The largest absolute Gasteiger partial charge is 0.274 e. The molecule has 2 N–H and O–H groups in total. The van der Waals surface area contributed by atoms with Gasteiger partial charge in [-0.2, -0.15) is 0 Å². The Labute approximate surface area is 91.5 Å². The van der Waals surface area contributed by atoms with Crippen LogP contribution in [0, 0.1) is 5.82 Å². The van der Waals surface area contributed by atoms with Crippen LogP contribution in [0.3, 0.4) is 0 Å². The van der Waals surface area contributed by atoms with Gasteiger partial charge in [-0.15, -0.1) is 0 Å². The first-order valence-corrected chi connectivity index (χ1v) is 5.25. The summed E-state index contributed by atoms with van der Waals surface area (Å²) in [5.74, 6) is -0.240. The Bertz CT molecular complexity index is 456. The Kier molecular flexibility index (Phi) is 2.99. The molecule has 4 heteroatoms. The molecule has 0 saturated carbocycles. The molecule has 0 amide bonds. The van der Waals surface area contributed by atoms with Crippen molar-refractivity contribution in [3.63, 3.8) is 0 Å². The van der Waals surface area contributed by atoms with Gasteiger partial charge in [-0.25, -0.2) is 4.39 Å². The van der Waals surface area contributed by atoms with Gasteiger partial charge >= 0.3 is 0 Å². The van der Waals surface area contributed by atoms with E-state index in [4.69, 9.17) is 5.14 Å². The highest BCUT2D eigenvalue weighted by Crippen LogP contribution is 2.22. The van der Waals surface area contributed by atoms with Crippen LogP contribution in [-0.2, 0) is 0 Å². The number of rotatable bonds is 2. The van der Waals surface area contributed by atoms with Gasteiger partial charge in [-0.3, -0.25) is 10.1 Å². The maximum atomic E-state index is 12.7. The maximum absolute atomic E-state index is 12.7. The van der Waals surface area contributed by atoms with Crippen molar-refractivity contribution in [3.05, 3.63) is 48.5 Å². The van der Waals surface area contributed by atoms with Crippen LogP contribution in [-0.4, -0.2) is 4.98 Å². The van der Waals surface area contributed by atoms with Gasteiger partial charge in [0.2, 0.25) is 0 Å². The number of halogens is 1. The molecule has 76 valence electrons. The van der Waals surface area contributed by atoms with Crippen LogP contribution in [0.4, 0.5) is 4.39 Å². The van der Waals surface area contributed by atoms with Gasteiger partial charge < -0.3 is 0 Å². The fraction of sp³-hybridized carbons (Fsp3) is 0. The van der Waals surface area contributed by atoms with E-state index >= 15 is 0 Å². The van der Waals surface area contributed by atoms with Gasteiger partial charge in [0.15, 0.2) is 0 Å². The van der Waals surface area contributed by atoms with E-state index in [1.807, 2.05) is 6.07 Å². The van der Waals surface area contributed by atoms with Crippen molar-refractivity contribution in [1.29, 1.82) is 0 Å². The smallest absolute Gasteiger partial charge is 0.123 e. The number of nitrogens with zero attached hydrogens (tertiary/aromatic N) is 1. The molecule has 2 aromatic rings. The highest BCUT2D eigenvalue weighted by Gasteiger charge is 1.99. The summed E-state index contributed by atoms with van der Waals surface area (Å²) in [5.41, 5.74) is 1.87. The molecule has 15 heavy (non-hydrogen) atoms. The van der Waals surface area contributed by atoms with Crippen LogP contribution < -0.4 is 5.14 Å². The van der Waals surface area contributed by atoms with E-state index in [0.29, 0.717) is 0 Å². The number of aromatic nitrogens is 1. The molecule has 2 rings (SSSR count). The third kappa shape index (κ3) is 2.34. The lowest BCUT2D eigenvalue weighted by Crippen LogP contribution is -1.85. The predicted molar refractivity (Wildman–Crippen MR) is 59.7 cm³/mol. The number of pyridine rings is 1. The molecular weight excluding hydrogens is 211 g/mol. The minimum absolute atomic E-state index is 0.240. The van der Waals surface area contributed by atoms with Crippen LogP contribution in [0.25, 0.3) is 11.1 Å². The standard InChI is InChI=1S/C11H9FN2S/c12-10-3-1-8(2-4-10)9-5-11(15-13)7-14-6-9/h1-7H,13H2. The molecular formula is C11H9FN2S. The fourth-order valence-corrected chi connectivity index (χ4v) is 1.60. The number of benzene rings is 1. The second kappa shape index (κ2) is 4.42. The number of nitrogens with two attached hydrogens (primary N) is 1. The lowest BCUT2D eigenvalue weighted by atomic mass is 10.1. The van der Waals surface area contributed by atoms with Crippen LogP contribution in [0.5, 0.6) is 0 Å². The Balaban J connectivity index is 2.40. The molecule has 0 aliphatic carbocycles. The zero-order valence-corrected chi connectivity index (χ0v) is 8.67. The second-order valence-electron chi connectivity index (χ2n) is 3.03. The van der Waals surface area contributed by atoms with Crippen molar-refractivity contribution in [1.82, 2.24) is 4.98 Å². The Morgan fingerprint density at radius 2 is 1.80 bits per heavy atom. The molecule has 0 unspecified atom stereocenters. The highest BCUT2D eigenvalue weighted by atomic mass is 32.2. The third-order valence-corrected chi connectivity index (χ3v) is 2.52. The zero-order chi connectivity index (χ0) is 10.7. The first-order chi connectivity index (χ1) is 7.29. The molecule has 0 saturated heterocycles. The summed E-state index contributed by atoms with van der Waals surface area (Å²) in [6.45, 7) is 0.